The number of rotatable bonds is 14. The first-order valence-electron chi connectivity index (χ1n) is 16.5. The smallest absolute Gasteiger partial charge is 0.315 e. The maximum Gasteiger partial charge on any atom is 0.315 e. The fourth-order valence-electron chi connectivity index (χ4n) is 5.64. The Kier molecular flexibility index (Phi) is 14.5. The number of likely N-dealkylation sites (tertiary alicyclic amines) is 1. The van der Waals surface area contributed by atoms with Crippen LogP contribution in [0.3, 0.4) is 0 Å². The van der Waals surface area contributed by atoms with Crippen LogP contribution in [0.4, 0.5) is 13.6 Å². The third-order valence-electron chi connectivity index (χ3n) is 8.81. The van der Waals surface area contributed by atoms with Crippen LogP contribution < -0.4 is 21.3 Å². The zero-order valence-corrected chi connectivity index (χ0v) is 31.2. The van der Waals surface area contributed by atoms with E-state index in [1.165, 1.54) is 18.1 Å². The van der Waals surface area contributed by atoms with Gasteiger partial charge in [0.2, 0.25) is 34.2 Å². The Balaban J connectivity index is 2.33. The van der Waals surface area contributed by atoms with Crippen molar-refractivity contribution in [2.45, 2.75) is 105 Å². The molecular weight excluding hydrogens is 660 g/mol. The van der Waals surface area contributed by atoms with E-state index in [9.17, 15) is 36.4 Å². The summed E-state index contributed by atoms with van der Waals surface area (Å²) < 4.78 is 52.5. The molecule has 16 heteroatoms. The Morgan fingerprint density at radius 3 is 2.14 bits per heavy atom. The molecule has 0 spiro atoms. The Labute approximate surface area is 289 Å². The number of urea groups is 1. The monoisotopic (exact) mass is 715 g/mol. The quantitative estimate of drug-likeness (QED) is 0.230. The van der Waals surface area contributed by atoms with Gasteiger partial charge in [-0.25, -0.2) is 26.3 Å². The largest absolute Gasteiger partial charge is 0.349 e. The lowest BCUT2D eigenvalue weighted by Crippen LogP contribution is -2.62. The molecule has 278 valence electrons. The van der Waals surface area contributed by atoms with E-state index in [4.69, 9.17) is 0 Å². The van der Waals surface area contributed by atoms with Gasteiger partial charge in [-0.3, -0.25) is 19.4 Å². The minimum Gasteiger partial charge on any atom is -0.349 e. The average molecular weight is 716 g/mol. The summed E-state index contributed by atoms with van der Waals surface area (Å²) >= 11 is 0. The number of amides is 5. The van der Waals surface area contributed by atoms with Crippen LogP contribution in [0.1, 0.15) is 73.9 Å². The second kappa shape index (κ2) is 17.0. The fraction of sp³-hybridized carbons (Fsp3) is 0.727. The Morgan fingerprint density at radius 2 is 1.65 bits per heavy atom. The maximum atomic E-state index is 14.3. The van der Waals surface area contributed by atoms with E-state index in [-0.39, 0.29) is 31.5 Å². The van der Waals surface area contributed by atoms with Crippen LogP contribution in [0, 0.1) is 22.7 Å². The zero-order valence-electron chi connectivity index (χ0n) is 30.3. The minimum atomic E-state index is -3.54. The van der Waals surface area contributed by atoms with Gasteiger partial charge >= 0.3 is 6.03 Å². The molecule has 1 aliphatic heterocycles. The summed E-state index contributed by atoms with van der Waals surface area (Å²) in [4.78, 5) is 60.1. The van der Waals surface area contributed by atoms with Gasteiger partial charge in [0.1, 0.15) is 18.1 Å². The first-order valence-corrected chi connectivity index (χ1v) is 18.3. The van der Waals surface area contributed by atoms with Crippen molar-refractivity contribution in [3.63, 3.8) is 0 Å². The fourth-order valence-corrected chi connectivity index (χ4v) is 6.06. The van der Waals surface area contributed by atoms with Crippen LogP contribution in [0.15, 0.2) is 24.4 Å². The normalized spacial score (nSPS) is 19.0. The van der Waals surface area contributed by atoms with Crippen molar-refractivity contribution in [2.75, 3.05) is 26.4 Å². The number of carbonyl (C=O) groups is 4. The van der Waals surface area contributed by atoms with Crippen molar-refractivity contribution in [2.24, 2.45) is 22.7 Å². The first-order chi connectivity index (χ1) is 22.4. The maximum absolute atomic E-state index is 14.3. The number of halogens is 2. The highest BCUT2D eigenvalue weighted by Gasteiger charge is 2.48. The van der Waals surface area contributed by atoms with E-state index in [0.29, 0.717) is 12.1 Å². The molecule has 0 radical (unpaired) electrons. The van der Waals surface area contributed by atoms with E-state index in [1.54, 1.807) is 39.0 Å². The molecule has 0 aromatic carbocycles. The third-order valence-corrected chi connectivity index (χ3v) is 10.1. The average Bonchev–Trinajstić information content (AvgIpc) is 3.42. The summed E-state index contributed by atoms with van der Waals surface area (Å²) in [7, 11) is -2.12. The van der Waals surface area contributed by atoms with Crippen molar-refractivity contribution in [3.05, 3.63) is 30.1 Å². The molecule has 2 heterocycles. The number of carbonyl (C=O) groups excluding carboxylic acids is 4. The number of alkyl halides is 2. The van der Waals surface area contributed by atoms with Crippen molar-refractivity contribution in [1.82, 2.24) is 35.5 Å². The summed E-state index contributed by atoms with van der Waals surface area (Å²) in [6, 6.07) is -0.0326. The number of hydrogen-bond acceptors (Lipinski definition) is 7. The molecule has 1 fully saturated rings. The van der Waals surface area contributed by atoms with Gasteiger partial charge in [0, 0.05) is 38.8 Å². The van der Waals surface area contributed by atoms with Crippen LogP contribution >= 0.6 is 0 Å². The van der Waals surface area contributed by atoms with E-state index in [2.05, 4.69) is 26.3 Å². The molecule has 4 N–H and O–H groups in total. The van der Waals surface area contributed by atoms with E-state index < -0.39 is 81.6 Å². The Morgan fingerprint density at radius 1 is 1.02 bits per heavy atom. The number of aromatic nitrogens is 1. The van der Waals surface area contributed by atoms with Gasteiger partial charge in [0.25, 0.3) is 0 Å². The highest BCUT2D eigenvalue weighted by Crippen LogP contribution is 2.33. The van der Waals surface area contributed by atoms with Gasteiger partial charge in [-0.05, 0) is 41.2 Å². The van der Waals surface area contributed by atoms with Gasteiger partial charge in [-0.15, -0.1) is 0 Å². The molecule has 0 saturated carbocycles. The van der Waals surface area contributed by atoms with Gasteiger partial charge in [0.15, 0.2) is 0 Å². The number of pyridine rings is 1. The van der Waals surface area contributed by atoms with Crippen LogP contribution in [0.25, 0.3) is 0 Å². The van der Waals surface area contributed by atoms with Crippen molar-refractivity contribution in [1.29, 1.82) is 0 Å². The number of nitrogens with one attached hydrogen (secondary N) is 4. The molecule has 5 amide bonds. The lowest BCUT2D eigenvalue weighted by molar-refractivity contribution is -0.144. The summed E-state index contributed by atoms with van der Waals surface area (Å²) in [5, 5.41) is 10.6. The van der Waals surface area contributed by atoms with Gasteiger partial charge in [0.05, 0.1) is 18.5 Å². The molecule has 0 aliphatic carbocycles. The molecule has 5 atom stereocenters. The molecule has 1 aromatic rings. The van der Waals surface area contributed by atoms with Crippen molar-refractivity contribution in [3.8, 4) is 0 Å². The first kappa shape index (κ1) is 41.8. The molecule has 49 heavy (non-hydrogen) atoms. The highest BCUT2D eigenvalue weighted by atomic mass is 32.2. The topological polar surface area (TPSA) is 170 Å². The standard InChI is InChI=1S/C33H55F2N7O6S/c1-20(2)22-14-16-42(26(22)29(44)38-23(17-25(34)35)28(43)37-18-21-13-11-12-15-36-21)30(45)27(33(6,7)8)40-31(46)39-24(32(3,4)5)19-41(9)49(10,47)48/h11-13,15,20,22-27H,14,16-19H2,1-10H3,(H,37,43)(H,38,44)(H2,39,40,46)/t22?,23-,24+,26-,27+/m0/s1. The van der Waals surface area contributed by atoms with Gasteiger partial charge < -0.3 is 26.2 Å². The van der Waals surface area contributed by atoms with E-state index >= 15 is 0 Å². The molecule has 1 aliphatic rings. The highest BCUT2D eigenvalue weighted by molar-refractivity contribution is 7.88. The Bertz CT molecular complexity index is 1400. The zero-order chi connectivity index (χ0) is 37.5. The predicted molar refractivity (Wildman–Crippen MR) is 183 cm³/mol. The molecule has 1 aromatic heterocycles. The van der Waals surface area contributed by atoms with Crippen molar-refractivity contribution < 1.29 is 36.4 Å². The minimum absolute atomic E-state index is 0.0104. The lowest BCUT2D eigenvalue weighted by atomic mass is 9.84. The predicted octanol–water partition coefficient (Wildman–Crippen LogP) is 2.73. The molecule has 0 bridgehead atoms. The number of hydrogen-bond donors (Lipinski definition) is 4. The molecular formula is C33H55F2N7O6S. The van der Waals surface area contributed by atoms with Gasteiger partial charge in [-0.2, -0.15) is 0 Å². The molecule has 2 rings (SSSR count). The summed E-state index contributed by atoms with van der Waals surface area (Å²) in [5.74, 6) is -2.52. The van der Waals surface area contributed by atoms with Crippen LogP contribution in [-0.4, -0.2) is 103 Å². The second-order valence-corrected chi connectivity index (χ2v) is 17.4. The van der Waals surface area contributed by atoms with E-state index in [1.807, 2.05) is 34.6 Å². The second-order valence-electron chi connectivity index (χ2n) is 15.3. The van der Waals surface area contributed by atoms with Crippen LogP contribution in [0.5, 0.6) is 0 Å². The number of likely N-dealkylation sites (N-methyl/N-ethyl adjacent to an activating group) is 1. The van der Waals surface area contributed by atoms with Crippen molar-refractivity contribution >= 4 is 33.8 Å². The van der Waals surface area contributed by atoms with Crippen LogP contribution in [0.2, 0.25) is 0 Å². The molecule has 1 unspecified atom stereocenters. The summed E-state index contributed by atoms with van der Waals surface area (Å²) in [6.45, 7) is 14.7. The summed E-state index contributed by atoms with van der Waals surface area (Å²) in [6.07, 6.45) is -0.780. The van der Waals surface area contributed by atoms with Gasteiger partial charge in [-0.1, -0.05) is 61.5 Å². The number of nitrogens with zero attached hydrogens (tertiary/aromatic N) is 3. The Hall–Kier alpha value is -3.40. The van der Waals surface area contributed by atoms with E-state index in [0.717, 1.165) is 10.6 Å². The summed E-state index contributed by atoms with van der Waals surface area (Å²) in [5.41, 5.74) is -0.888. The third kappa shape index (κ3) is 12.5. The molecule has 1 saturated heterocycles. The van der Waals surface area contributed by atoms with Crippen LogP contribution in [-0.2, 0) is 31.0 Å². The SMILES string of the molecule is CC(C)C1CCN(C(=O)[C@@H](NC(=O)N[C@H](CN(C)S(C)(=O)=O)C(C)(C)C)C(C)(C)C)[C@@H]1C(=O)N[C@@H](CC(F)F)C(=O)NCc1ccccn1. The lowest BCUT2D eigenvalue weighted by Gasteiger charge is -2.38. The molecule has 13 nitrogen and oxygen atoms in total. The number of sulfonamides is 1.